The van der Waals surface area contributed by atoms with E-state index in [2.05, 4.69) is 20.3 Å². The summed E-state index contributed by atoms with van der Waals surface area (Å²) in [6, 6.07) is 9.86. The number of carboxylic acid groups (broad SMARTS) is 1. The number of carboxylic acids is 1. The van der Waals surface area contributed by atoms with Crippen LogP contribution in [0.4, 0.5) is 40.8 Å². The largest absolute Gasteiger partial charge is 0.480 e. The molecule has 0 aliphatic carbocycles. The molecule has 21 heteroatoms. The molecule has 0 aliphatic heterocycles. The zero-order chi connectivity index (χ0) is 43.4. The molecule has 0 bridgehead atoms. The quantitative estimate of drug-likeness (QED) is 0.145. The first kappa shape index (κ1) is 44.7. The lowest BCUT2D eigenvalue weighted by atomic mass is 10.1. The highest BCUT2D eigenvalue weighted by Gasteiger charge is 2.39. The van der Waals surface area contributed by atoms with Gasteiger partial charge in [-0.05, 0) is 90.1 Å². The maximum Gasteiger partial charge on any atom is 0.436 e. The summed E-state index contributed by atoms with van der Waals surface area (Å²) < 4.78 is 107. The molecular formula is C37H36ClF8N9O3. The minimum absolute atomic E-state index is 0.00711. The van der Waals surface area contributed by atoms with Gasteiger partial charge in [0.15, 0.2) is 17.2 Å². The second-order valence-electron chi connectivity index (χ2n) is 12.8. The Hall–Kier alpha value is -6.05. The Labute approximate surface area is 330 Å². The van der Waals surface area contributed by atoms with Crippen molar-refractivity contribution in [3.05, 3.63) is 124 Å². The molecule has 4 heterocycles. The molecule has 0 saturated heterocycles. The zero-order valence-corrected chi connectivity index (χ0v) is 32.3. The number of ketones is 1. The monoisotopic (exact) mass is 841 g/mol. The van der Waals surface area contributed by atoms with Crippen molar-refractivity contribution in [2.24, 2.45) is 0 Å². The van der Waals surface area contributed by atoms with Crippen molar-refractivity contribution in [3.63, 3.8) is 0 Å². The normalized spacial score (nSPS) is 12.6. The van der Waals surface area contributed by atoms with E-state index in [1.54, 1.807) is 46.7 Å². The van der Waals surface area contributed by atoms with Crippen LogP contribution >= 0.6 is 11.6 Å². The van der Waals surface area contributed by atoms with Gasteiger partial charge >= 0.3 is 18.3 Å². The van der Waals surface area contributed by atoms with Gasteiger partial charge in [0.1, 0.15) is 23.5 Å². The number of benzene rings is 2. The smallest absolute Gasteiger partial charge is 0.436 e. The van der Waals surface area contributed by atoms with Crippen LogP contribution in [0.25, 0.3) is 11.4 Å². The number of halogens is 9. The third-order valence-electron chi connectivity index (χ3n) is 8.83. The van der Waals surface area contributed by atoms with E-state index in [1.165, 1.54) is 62.7 Å². The molecule has 0 radical (unpaired) electrons. The second kappa shape index (κ2) is 17.6. The highest BCUT2D eigenvalue weighted by molar-refractivity contribution is 6.32. The molecule has 12 nitrogen and oxygen atoms in total. The molecule has 0 fully saturated rings. The maximum absolute atomic E-state index is 13.1. The Bertz CT molecular complexity index is 2380. The van der Waals surface area contributed by atoms with Gasteiger partial charge in [0.2, 0.25) is 0 Å². The van der Waals surface area contributed by atoms with Gasteiger partial charge in [-0.15, -0.1) is 0 Å². The predicted molar refractivity (Wildman–Crippen MR) is 196 cm³/mol. The van der Waals surface area contributed by atoms with Crippen molar-refractivity contribution in [2.45, 2.75) is 72.4 Å². The minimum Gasteiger partial charge on any atom is -0.480 e. The zero-order valence-electron chi connectivity index (χ0n) is 31.5. The summed E-state index contributed by atoms with van der Waals surface area (Å²) in [7, 11) is 0. The third kappa shape index (κ3) is 10.3. The number of rotatable bonds is 8. The third-order valence-corrected chi connectivity index (χ3v) is 9.28. The molecule has 2 aromatic carbocycles. The summed E-state index contributed by atoms with van der Waals surface area (Å²) in [4.78, 5) is 26.8. The molecule has 0 aliphatic rings. The number of Topliss-reactive ketones (excluding diaryl/α,β-unsaturated/α-hetero) is 1. The van der Waals surface area contributed by atoms with Gasteiger partial charge in [0.25, 0.3) is 0 Å². The van der Waals surface area contributed by atoms with Crippen molar-refractivity contribution in [1.29, 1.82) is 0 Å². The number of nitrogen functional groups attached to an aromatic ring is 1. The van der Waals surface area contributed by atoms with Crippen LogP contribution in [0.3, 0.4) is 0 Å². The number of imidazole rings is 1. The number of nitrogens with zero attached hydrogens (tertiary/aromatic N) is 8. The number of anilines is 1. The number of aryl methyl sites for hydroxylation is 1. The summed E-state index contributed by atoms with van der Waals surface area (Å²) in [5.74, 6) is -2.06. The maximum atomic E-state index is 13.1. The van der Waals surface area contributed by atoms with Crippen LogP contribution in [0.15, 0.2) is 67.1 Å². The van der Waals surface area contributed by atoms with Gasteiger partial charge in [-0.2, -0.15) is 41.6 Å². The number of nitrogens with two attached hydrogens (primary N) is 1. The first-order valence-electron chi connectivity index (χ1n) is 17.0. The van der Waals surface area contributed by atoms with Gasteiger partial charge in [-0.3, -0.25) is 9.48 Å². The first-order valence-corrected chi connectivity index (χ1v) is 17.4. The summed E-state index contributed by atoms with van der Waals surface area (Å²) >= 11 is 5.45. The van der Waals surface area contributed by atoms with E-state index in [0.29, 0.717) is 22.6 Å². The van der Waals surface area contributed by atoms with Gasteiger partial charge in [-0.25, -0.2) is 27.9 Å². The van der Waals surface area contributed by atoms with E-state index >= 15 is 0 Å². The van der Waals surface area contributed by atoms with E-state index in [1.807, 2.05) is 6.92 Å². The topological polar surface area (TPSA) is 152 Å². The molecule has 310 valence electrons. The molecule has 2 atom stereocenters. The van der Waals surface area contributed by atoms with E-state index in [4.69, 9.17) is 22.4 Å². The Balaban J connectivity index is 0.000000210. The summed E-state index contributed by atoms with van der Waals surface area (Å²) in [5.41, 5.74) is 7.63. The van der Waals surface area contributed by atoms with Gasteiger partial charge in [0.05, 0.1) is 51.9 Å². The highest BCUT2D eigenvalue weighted by Crippen LogP contribution is 2.36. The van der Waals surface area contributed by atoms with E-state index < -0.39 is 46.8 Å². The molecule has 0 spiro atoms. The fraction of sp³-hybridized carbons (Fsp3) is 0.297. The Morgan fingerprint density at radius 1 is 0.776 bits per heavy atom. The second-order valence-corrected chi connectivity index (χ2v) is 13.2. The SMILES string of the molecule is Cc1c(Cl)c(C(F)(F)F)nn1C(C)C(=O)O.Cc1c(N)cnn1-c1ccc(F)cc1.Cc1nc(C(F)(F)F)cn1C(C)C(=O)Cc1cnn(-c2ccc(F)cc2)c1C. The Morgan fingerprint density at radius 3 is 1.69 bits per heavy atom. The summed E-state index contributed by atoms with van der Waals surface area (Å²) in [5, 5.41) is 19.6. The van der Waals surface area contributed by atoms with Gasteiger partial charge < -0.3 is 15.4 Å². The number of aromatic nitrogens is 8. The number of carbonyl (C=O) groups is 2. The van der Waals surface area contributed by atoms with Crippen LogP contribution in [0.2, 0.25) is 5.02 Å². The van der Waals surface area contributed by atoms with Crippen molar-refractivity contribution >= 4 is 29.0 Å². The lowest BCUT2D eigenvalue weighted by Gasteiger charge is -2.14. The average Bonchev–Trinajstić information content (AvgIpc) is 3.90. The summed E-state index contributed by atoms with van der Waals surface area (Å²) in [6.07, 6.45) is -5.28. The predicted octanol–water partition coefficient (Wildman–Crippen LogP) is 8.63. The van der Waals surface area contributed by atoms with Crippen LogP contribution in [0.5, 0.6) is 0 Å². The molecular weight excluding hydrogens is 806 g/mol. The van der Waals surface area contributed by atoms with Crippen molar-refractivity contribution < 1.29 is 49.8 Å². The molecule has 4 aromatic heterocycles. The molecule has 6 rings (SSSR count). The van der Waals surface area contributed by atoms with Gasteiger partial charge in [0, 0.05) is 23.9 Å². The lowest BCUT2D eigenvalue weighted by molar-refractivity contribution is -0.144. The fourth-order valence-electron chi connectivity index (χ4n) is 5.39. The Kier molecular flexibility index (Phi) is 13.6. The highest BCUT2D eigenvalue weighted by atomic mass is 35.5. The van der Waals surface area contributed by atoms with Crippen LogP contribution < -0.4 is 5.73 Å². The first-order chi connectivity index (χ1) is 26.9. The molecule has 0 saturated carbocycles. The van der Waals surface area contributed by atoms with Crippen molar-refractivity contribution in [2.75, 3.05) is 5.73 Å². The minimum atomic E-state index is -4.69. The lowest BCUT2D eigenvalue weighted by Crippen LogP contribution is -2.19. The molecule has 58 heavy (non-hydrogen) atoms. The van der Waals surface area contributed by atoms with Crippen molar-refractivity contribution in [1.82, 2.24) is 38.9 Å². The molecule has 2 unspecified atom stereocenters. The molecule has 6 aromatic rings. The van der Waals surface area contributed by atoms with Crippen LogP contribution in [0, 0.1) is 39.3 Å². The Morgan fingerprint density at radius 2 is 1.28 bits per heavy atom. The molecule has 0 amide bonds. The van der Waals surface area contributed by atoms with Crippen LogP contribution in [-0.4, -0.2) is 55.8 Å². The number of carbonyl (C=O) groups excluding carboxylic acids is 1. The van der Waals surface area contributed by atoms with E-state index in [0.717, 1.165) is 22.3 Å². The van der Waals surface area contributed by atoms with E-state index in [-0.39, 0.29) is 35.4 Å². The fourth-order valence-corrected chi connectivity index (χ4v) is 5.62. The number of hydrogen-bond donors (Lipinski definition) is 2. The standard InChI is InChI=1S/C19H18F4N4O.C10H10FN3.C8H8ClF3N2O2/c1-11-14(9-24-27(11)16-6-4-15(20)5-7-16)8-17(28)12(2)26-10-18(19(21,22)23)25-13(26)3;1-7-10(12)6-13-14(7)9-4-2-8(11)3-5-9;1-3-5(9)6(8(10,11)12)13-14(3)4(2)7(15)16/h4-7,9-10,12H,8H2,1-3H3;2-6H,12H2,1H3;4H,1-2H3,(H,15,16). The average molecular weight is 842 g/mol. The number of hydrogen-bond acceptors (Lipinski definition) is 7. The summed E-state index contributed by atoms with van der Waals surface area (Å²) in [6.45, 7) is 9.11. The van der Waals surface area contributed by atoms with Gasteiger partial charge in [-0.1, -0.05) is 11.6 Å². The van der Waals surface area contributed by atoms with Crippen molar-refractivity contribution in [3.8, 4) is 11.4 Å². The number of alkyl halides is 6. The van der Waals surface area contributed by atoms with E-state index in [9.17, 15) is 44.7 Å². The number of aliphatic carboxylic acids is 1. The molecule has 3 N–H and O–H groups in total. The van der Waals surface area contributed by atoms with Crippen LogP contribution in [0.1, 0.15) is 65.8 Å². The van der Waals surface area contributed by atoms with Crippen LogP contribution in [-0.2, 0) is 28.4 Å².